The number of hydrogen-bond donors (Lipinski definition) is 1. The number of benzene rings is 1. The van der Waals surface area contributed by atoms with Gasteiger partial charge in [0.15, 0.2) is 0 Å². The highest BCUT2D eigenvalue weighted by atomic mass is 32.2. The van der Waals surface area contributed by atoms with Crippen LogP contribution in [0.15, 0.2) is 23.1 Å². The van der Waals surface area contributed by atoms with Crippen LogP contribution in [0.2, 0.25) is 0 Å². The van der Waals surface area contributed by atoms with Crippen molar-refractivity contribution in [3.05, 3.63) is 23.8 Å². The number of hydrogen-bond acceptors (Lipinski definition) is 4. The molecule has 2 aliphatic rings. The minimum Gasteiger partial charge on any atom is -0.496 e. The molecule has 0 spiro atoms. The van der Waals surface area contributed by atoms with E-state index in [9.17, 15) is 18.3 Å². The van der Waals surface area contributed by atoms with Gasteiger partial charge in [0.25, 0.3) is 0 Å². The quantitative estimate of drug-likeness (QED) is 0.905. The number of fused-ring (bicyclic) bond motifs is 1. The first kappa shape index (κ1) is 16.3. The van der Waals surface area contributed by atoms with Crippen molar-refractivity contribution < 1.29 is 23.1 Å². The van der Waals surface area contributed by atoms with E-state index < -0.39 is 21.4 Å². The molecule has 1 saturated carbocycles. The van der Waals surface area contributed by atoms with Gasteiger partial charge in [0.05, 0.1) is 17.4 Å². The van der Waals surface area contributed by atoms with Crippen molar-refractivity contribution in [3.8, 4) is 5.75 Å². The van der Waals surface area contributed by atoms with E-state index in [-0.39, 0.29) is 17.4 Å². The summed E-state index contributed by atoms with van der Waals surface area (Å²) in [6.45, 7) is 2.15. The van der Waals surface area contributed by atoms with E-state index in [1.807, 2.05) is 0 Å². The molecule has 2 atom stereocenters. The number of methoxy groups -OCH3 is 1. The average molecular weight is 339 g/mol. The predicted octanol–water partition coefficient (Wildman–Crippen LogP) is 1.88. The van der Waals surface area contributed by atoms with Gasteiger partial charge in [0, 0.05) is 13.1 Å². The maximum absolute atomic E-state index is 12.9. The van der Waals surface area contributed by atoms with E-state index >= 15 is 0 Å². The number of ether oxygens (including phenoxy) is 1. The van der Waals surface area contributed by atoms with Gasteiger partial charge in [-0.15, -0.1) is 0 Å². The Labute approximate surface area is 136 Å². The molecular weight excluding hydrogens is 318 g/mol. The zero-order valence-electron chi connectivity index (χ0n) is 13.3. The van der Waals surface area contributed by atoms with Crippen molar-refractivity contribution in [1.82, 2.24) is 4.31 Å². The lowest BCUT2D eigenvalue weighted by molar-refractivity contribution is -0.149. The van der Waals surface area contributed by atoms with Crippen LogP contribution in [-0.2, 0) is 14.8 Å². The molecule has 0 aromatic heterocycles. The Kier molecular flexibility index (Phi) is 3.88. The third kappa shape index (κ3) is 2.42. The van der Waals surface area contributed by atoms with E-state index in [1.165, 1.54) is 17.5 Å². The van der Waals surface area contributed by atoms with Gasteiger partial charge in [-0.25, -0.2) is 8.42 Å². The Hall–Kier alpha value is -1.60. The number of carbonyl (C=O) groups is 1. The molecule has 1 aliphatic carbocycles. The summed E-state index contributed by atoms with van der Waals surface area (Å²) in [5.41, 5.74) is -0.171. The van der Waals surface area contributed by atoms with Crippen LogP contribution in [0.1, 0.15) is 24.8 Å². The smallest absolute Gasteiger partial charge is 0.311 e. The second kappa shape index (κ2) is 5.49. The van der Waals surface area contributed by atoms with E-state index in [4.69, 9.17) is 4.74 Å². The van der Waals surface area contributed by atoms with E-state index in [0.717, 1.165) is 18.4 Å². The zero-order valence-corrected chi connectivity index (χ0v) is 14.1. The van der Waals surface area contributed by atoms with Crippen molar-refractivity contribution in [3.63, 3.8) is 0 Å². The van der Waals surface area contributed by atoms with Gasteiger partial charge < -0.3 is 9.84 Å². The molecule has 0 radical (unpaired) electrons. The summed E-state index contributed by atoms with van der Waals surface area (Å²) in [7, 11) is -2.15. The number of aliphatic carboxylic acids is 1. The van der Waals surface area contributed by atoms with Gasteiger partial charge >= 0.3 is 5.97 Å². The van der Waals surface area contributed by atoms with Gasteiger partial charge in [-0.3, -0.25) is 4.79 Å². The highest BCUT2D eigenvalue weighted by Gasteiger charge is 2.57. The highest BCUT2D eigenvalue weighted by molar-refractivity contribution is 7.89. The summed E-state index contributed by atoms with van der Waals surface area (Å²) in [5, 5.41) is 9.60. The second-order valence-corrected chi connectivity index (χ2v) is 8.42. The summed E-state index contributed by atoms with van der Waals surface area (Å²) < 4.78 is 32.2. The lowest BCUT2D eigenvalue weighted by atomic mass is 9.81. The molecular formula is C16H21NO5S. The Morgan fingerprint density at radius 1 is 1.43 bits per heavy atom. The maximum Gasteiger partial charge on any atom is 0.311 e. The van der Waals surface area contributed by atoms with E-state index in [2.05, 4.69) is 0 Å². The fraction of sp³-hybridized carbons (Fsp3) is 0.562. The summed E-state index contributed by atoms with van der Waals surface area (Å²) in [4.78, 5) is 11.9. The van der Waals surface area contributed by atoms with Gasteiger partial charge in [0.2, 0.25) is 10.0 Å². The van der Waals surface area contributed by atoms with E-state index in [1.54, 1.807) is 19.1 Å². The topological polar surface area (TPSA) is 83.9 Å². The minimum atomic E-state index is -3.69. The molecule has 6 nitrogen and oxygen atoms in total. The fourth-order valence-corrected chi connectivity index (χ4v) is 5.58. The molecule has 2 fully saturated rings. The van der Waals surface area contributed by atoms with Crippen LogP contribution >= 0.6 is 0 Å². The SMILES string of the molecule is COc1ccc(S(=O)(=O)N2C[C@@H]3CCC[C@@]3(C(=O)O)C2)cc1C. The third-order valence-electron chi connectivity index (χ3n) is 5.27. The molecule has 1 heterocycles. The van der Waals surface area contributed by atoms with Gasteiger partial charge in [-0.2, -0.15) is 4.31 Å². The predicted molar refractivity (Wildman–Crippen MR) is 83.9 cm³/mol. The van der Waals surface area contributed by atoms with Gasteiger partial charge in [0.1, 0.15) is 5.75 Å². The van der Waals surface area contributed by atoms with Gasteiger partial charge in [-0.05, 0) is 49.4 Å². The normalized spacial score (nSPS) is 27.8. The molecule has 0 unspecified atom stereocenters. The molecule has 0 amide bonds. The largest absolute Gasteiger partial charge is 0.496 e. The molecule has 23 heavy (non-hydrogen) atoms. The number of carboxylic acid groups (broad SMARTS) is 1. The molecule has 0 bridgehead atoms. The summed E-state index contributed by atoms with van der Waals surface area (Å²) >= 11 is 0. The van der Waals surface area contributed by atoms with Crippen LogP contribution in [0.4, 0.5) is 0 Å². The lowest BCUT2D eigenvalue weighted by Gasteiger charge is -2.23. The van der Waals surface area contributed by atoms with Crippen LogP contribution in [0, 0.1) is 18.3 Å². The first-order valence-corrected chi connectivity index (χ1v) is 9.13. The van der Waals surface area contributed by atoms with Crippen LogP contribution in [-0.4, -0.2) is 44.0 Å². The Morgan fingerprint density at radius 3 is 2.74 bits per heavy atom. The third-order valence-corrected chi connectivity index (χ3v) is 7.08. The first-order chi connectivity index (χ1) is 10.8. The lowest BCUT2D eigenvalue weighted by Crippen LogP contribution is -2.37. The van der Waals surface area contributed by atoms with Crippen molar-refractivity contribution in [2.45, 2.75) is 31.1 Å². The number of sulfonamides is 1. The number of aryl methyl sites for hydroxylation is 1. The summed E-state index contributed by atoms with van der Waals surface area (Å²) in [5.74, 6) is -0.332. The molecule has 1 aromatic carbocycles. The average Bonchev–Trinajstić information content (AvgIpc) is 3.05. The van der Waals surface area contributed by atoms with Crippen molar-refractivity contribution >= 4 is 16.0 Å². The molecule has 1 aliphatic heterocycles. The summed E-state index contributed by atoms with van der Waals surface area (Å²) in [6.07, 6.45) is 2.19. The van der Waals surface area contributed by atoms with Crippen molar-refractivity contribution in [1.29, 1.82) is 0 Å². The Bertz CT molecular complexity index is 745. The standard InChI is InChI=1S/C16H21NO5S/c1-11-8-13(5-6-14(11)22-2)23(20,21)17-9-12-4-3-7-16(12,10-17)15(18)19/h5-6,8,12H,3-4,7,9-10H2,1-2H3,(H,18,19)/t12-,16+/m0/s1. The molecule has 126 valence electrons. The minimum absolute atomic E-state index is 0.0699. The second-order valence-electron chi connectivity index (χ2n) is 6.48. The number of nitrogens with zero attached hydrogens (tertiary/aromatic N) is 1. The number of carboxylic acids is 1. The first-order valence-electron chi connectivity index (χ1n) is 7.69. The fourth-order valence-electron chi connectivity index (χ4n) is 3.94. The Morgan fingerprint density at radius 2 is 2.17 bits per heavy atom. The van der Waals surface area contributed by atoms with Crippen LogP contribution < -0.4 is 4.74 Å². The van der Waals surface area contributed by atoms with Gasteiger partial charge in [-0.1, -0.05) is 6.42 Å². The zero-order chi connectivity index (χ0) is 16.8. The van der Waals surface area contributed by atoms with Crippen LogP contribution in [0.3, 0.4) is 0 Å². The van der Waals surface area contributed by atoms with Crippen LogP contribution in [0.25, 0.3) is 0 Å². The molecule has 1 N–H and O–H groups in total. The molecule has 7 heteroatoms. The molecule has 3 rings (SSSR count). The van der Waals surface area contributed by atoms with Crippen molar-refractivity contribution in [2.75, 3.05) is 20.2 Å². The highest BCUT2D eigenvalue weighted by Crippen LogP contribution is 2.50. The monoisotopic (exact) mass is 339 g/mol. The van der Waals surface area contributed by atoms with Crippen molar-refractivity contribution in [2.24, 2.45) is 11.3 Å². The molecule has 1 saturated heterocycles. The maximum atomic E-state index is 12.9. The Balaban J connectivity index is 1.93. The molecule has 1 aromatic rings. The van der Waals surface area contributed by atoms with Crippen LogP contribution in [0.5, 0.6) is 5.75 Å². The number of rotatable bonds is 4. The summed E-state index contributed by atoms with van der Waals surface area (Å²) in [6, 6.07) is 4.73. The van der Waals surface area contributed by atoms with E-state index in [0.29, 0.717) is 18.7 Å².